The van der Waals surface area contributed by atoms with Gasteiger partial charge in [-0.3, -0.25) is 0 Å². The molecule has 1 aliphatic carbocycles. The minimum Gasteiger partial charge on any atom is -0.394 e. The highest BCUT2D eigenvalue weighted by molar-refractivity contribution is 6.30. The van der Waals surface area contributed by atoms with Gasteiger partial charge in [0.25, 0.3) is 0 Å². The van der Waals surface area contributed by atoms with E-state index in [1.165, 1.54) is 18.9 Å². The molecule has 0 aromatic heterocycles. The molecule has 1 saturated carbocycles. The van der Waals surface area contributed by atoms with Crippen LogP contribution in [-0.2, 0) is 0 Å². The third kappa shape index (κ3) is 3.18. The number of hydrogen-bond acceptors (Lipinski definition) is 2. The fourth-order valence-electron chi connectivity index (χ4n) is 2.36. The number of rotatable bonds is 4. The highest BCUT2D eigenvalue weighted by Crippen LogP contribution is 2.24. The molecule has 0 bridgehead atoms. The van der Waals surface area contributed by atoms with Crippen molar-refractivity contribution >= 4 is 11.6 Å². The van der Waals surface area contributed by atoms with Crippen LogP contribution in [0, 0.1) is 5.82 Å². The second-order valence-corrected chi connectivity index (χ2v) is 4.96. The predicted molar refractivity (Wildman–Crippen MR) is 66.6 cm³/mol. The lowest BCUT2D eigenvalue weighted by molar-refractivity contribution is 0.233. The summed E-state index contributed by atoms with van der Waals surface area (Å²) in [7, 11) is 0. The van der Waals surface area contributed by atoms with E-state index >= 15 is 0 Å². The number of hydrogen-bond donors (Lipinski definition) is 2. The van der Waals surface area contributed by atoms with Gasteiger partial charge in [-0.1, -0.05) is 30.5 Å². The van der Waals surface area contributed by atoms with Gasteiger partial charge in [0, 0.05) is 6.04 Å². The zero-order valence-electron chi connectivity index (χ0n) is 9.63. The molecule has 2 N–H and O–H groups in total. The lowest BCUT2D eigenvalue weighted by Crippen LogP contribution is -2.32. The summed E-state index contributed by atoms with van der Waals surface area (Å²) in [4.78, 5) is 0. The van der Waals surface area contributed by atoms with E-state index in [0.29, 0.717) is 6.04 Å². The zero-order chi connectivity index (χ0) is 12.3. The summed E-state index contributed by atoms with van der Waals surface area (Å²) in [6, 6.07) is 4.90. The maximum Gasteiger partial charge on any atom is 0.141 e. The maximum atomic E-state index is 13.1. The lowest BCUT2D eigenvalue weighted by atomic mass is 10.1. The Morgan fingerprint density at radius 1 is 1.41 bits per heavy atom. The number of halogens is 2. The molecule has 1 unspecified atom stereocenters. The maximum absolute atomic E-state index is 13.1. The van der Waals surface area contributed by atoms with Crippen LogP contribution in [0.3, 0.4) is 0 Å². The van der Waals surface area contributed by atoms with E-state index < -0.39 is 5.82 Å². The normalized spacial score (nSPS) is 18.5. The van der Waals surface area contributed by atoms with Crippen LogP contribution in [0.1, 0.15) is 37.3 Å². The van der Waals surface area contributed by atoms with E-state index in [1.807, 2.05) is 0 Å². The number of aliphatic hydroxyl groups excluding tert-OH is 1. The molecular weight excluding hydrogens is 241 g/mol. The van der Waals surface area contributed by atoms with Crippen molar-refractivity contribution in [3.63, 3.8) is 0 Å². The molecule has 4 heteroatoms. The quantitative estimate of drug-likeness (QED) is 0.869. The summed E-state index contributed by atoms with van der Waals surface area (Å²) < 4.78 is 13.1. The second-order valence-electron chi connectivity index (χ2n) is 4.56. The van der Waals surface area contributed by atoms with E-state index in [4.69, 9.17) is 11.6 Å². The summed E-state index contributed by atoms with van der Waals surface area (Å²) in [5.74, 6) is -0.423. The molecular formula is C13H17ClFNO. The Hall–Kier alpha value is -0.640. The topological polar surface area (TPSA) is 32.3 Å². The molecule has 0 aliphatic heterocycles. The Morgan fingerprint density at radius 3 is 2.71 bits per heavy atom. The number of benzene rings is 1. The van der Waals surface area contributed by atoms with Gasteiger partial charge >= 0.3 is 0 Å². The molecule has 0 heterocycles. The molecule has 0 radical (unpaired) electrons. The van der Waals surface area contributed by atoms with Gasteiger partial charge in [-0.15, -0.1) is 0 Å². The molecule has 17 heavy (non-hydrogen) atoms. The van der Waals surface area contributed by atoms with Crippen LogP contribution in [0.5, 0.6) is 0 Å². The zero-order valence-corrected chi connectivity index (χ0v) is 10.4. The smallest absolute Gasteiger partial charge is 0.141 e. The van der Waals surface area contributed by atoms with Crippen molar-refractivity contribution in [3.05, 3.63) is 34.6 Å². The molecule has 1 aromatic rings. The van der Waals surface area contributed by atoms with Gasteiger partial charge in [0.1, 0.15) is 5.82 Å². The van der Waals surface area contributed by atoms with E-state index in [2.05, 4.69) is 5.32 Å². The van der Waals surface area contributed by atoms with Crippen molar-refractivity contribution in [2.24, 2.45) is 0 Å². The van der Waals surface area contributed by atoms with Gasteiger partial charge in [0.2, 0.25) is 0 Å². The molecule has 1 atom stereocenters. The van der Waals surface area contributed by atoms with Crippen LogP contribution in [-0.4, -0.2) is 17.8 Å². The van der Waals surface area contributed by atoms with Crippen molar-refractivity contribution in [1.29, 1.82) is 0 Å². The van der Waals surface area contributed by atoms with Crippen molar-refractivity contribution in [3.8, 4) is 0 Å². The Morgan fingerprint density at radius 2 is 2.12 bits per heavy atom. The predicted octanol–water partition coefficient (Wildman–Crippen LogP) is 3.04. The monoisotopic (exact) mass is 257 g/mol. The Kier molecular flexibility index (Phi) is 4.37. The summed E-state index contributed by atoms with van der Waals surface area (Å²) >= 11 is 5.75. The lowest BCUT2D eigenvalue weighted by Gasteiger charge is -2.21. The molecule has 1 aliphatic rings. The van der Waals surface area contributed by atoms with Crippen LogP contribution >= 0.6 is 11.6 Å². The summed E-state index contributed by atoms with van der Waals surface area (Å²) in [6.07, 6.45) is 4.76. The fourth-order valence-corrected chi connectivity index (χ4v) is 2.55. The average Bonchev–Trinajstić information content (AvgIpc) is 2.82. The molecule has 0 amide bonds. The highest BCUT2D eigenvalue weighted by Gasteiger charge is 2.20. The third-order valence-corrected chi connectivity index (χ3v) is 3.61. The van der Waals surface area contributed by atoms with Crippen molar-refractivity contribution in [1.82, 2.24) is 5.32 Å². The van der Waals surface area contributed by atoms with Gasteiger partial charge in [-0.25, -0.2) is 4.39 Å². The van der Waals surface area contributed by atoms with E-state index in [9.17, 15) is 9.50 Å². The average molecular weight is 258 g/mol. The van der Waals surface area contributed by atoms with E-state index in [1.54, 1.807) is 12.1 Å². The van der Waals surface area contributed by atoms with Gasteiger partial charge < -0.3 is 10.4 Å². The minimum absolute atomic E-state index is 0.00153. The molecule has 94 valence electrons. The summed E-state index contributed by atoms with van der Waals surface area (Å²) in [5.41, 5.74) is 0.839. The second kappa shape index (κ2) is 5.80. The van der Waals surface area contributed by atoms with E-state index in [0.717, 1.165) is 18.4 Å². The molecule has 0 saturated heterocycles. The first kappa shape index (κ1) is 12.8. The number of aliphatic hydroxyl groups is 1. The molecule has 0 spiro atoms. The highest BCUT2D eigenvalue weighted by atomic mass is 35.5. The Labute approximate surface area is 106 Å². The largest absolute Gasteiger partial charge is 0.394 e. The molecule has 2 rings (SSSR count). The fraction of sp³-hybridized carbons (Fsp3) is 0.538. The SMILES string of the molecule is OCC(NC1CCCC1)c1ccc(F)c(Cl)c1. The van der Waals surface area contributed by atoms with Gasteiger partial charge in [-0.2, -0.15) is 0 Å². The molecule has 1 fully saturated rings. The minimum atomic E-state index is -0.423. The third-order valence-electron chi connectivity index (χ3n) is 3.32. The molecule has 2 nitrogen and oxygen atoms in total. The van der Waals surface area contributed by atoms with Crippen molar-refractivity contribution in [2.75, 3.05) is 6.61 Å². The first-order valence-electron chi connectivity index (χ1n) is 6.02. The molecule has 1 aromatic carbocycles. The first-order chi connectivity index (χ1) is 8.20. The first-order valence-corrected chi connectivity index (χ1v) is 6.40. The Bertz CT molecular complexity index is 380. The standard InChI is InChI=1S/C13H17ClFNO/c14-11-7-9(5-6-12(11)15)13(8-17)16-10-3-1-2-4-10/h5-7,10,13,16-17H,1-4,8H2. The van der Waals surface area contributed by atoms with Crippen LogP contribution in [0.25, 0.3) is 0 Å². The van der Waals surface area contributed by atoms with Crippen LogP contribution in [0.15, 0.2) is 18.2 Å². The van der Waals surface area contributed by atoms with Crippen molar-refractivity contribution in [2.45, 2.75) is 37.8 Å². The number of nitrogens with one attached hydrogen (secondary N) is 1. The Balaban J connectivity index is 2.08. The summed E-state index contributed by atoms with van der Waals surface area (Å²) in [5, 5.41) is 12.9. The summed E-state index contributed by atoms with van der Waals surface area (Å²) in [6.45, 7) is -0.00153. The van der Waals surface area contributed by atoms with Gasteiger partial charge in [-0.05, 0) is 30.5 Å². The van der Waals surface area contributed by atoms with Crippen LogP contribution in [0.4, 0.5) is 4.39 Å². The van der Waals surface area contributed by atoms with Crippen LogP contribution < -0.4 is 5.32 Å². The van der Waals surface area contributed by atoms with Gasteiger partial charge in [0.15, 0.2) is 0 Å². The van der Waals surface area contributed by atoms with Gasteiger partial charge in [0.05, 0.1) is 17.7 Å². The van der Waals surface area contributed by atoms with E-state index in [-0.39, 0.29) is 17.7 Å². The van der Waals surface area contributed by atoms with Crippen molar-refractivity contribution < 1.29 is 9.50 Å². The van der Waals surface area contributed by atoms with Crippen LogP contribution in [0.2, 0.25) is 5.02 Å².